The third-order valence-electron chi connectivity index (χ3n) is 4.17. The number of unbranched alkanes of at least 4 members (excludes halogenated alkanes) is 2. The molecule has 2 aromatic carbocycles. The van der Waals surface area contributed by atoms with Gasteiger partial charge in [-0.15, -0.1) is 0 Å². The van der Waals surface area contributed by atoms with Crippen LogP contribution >= 0.6 is 0 Å². The summed E-state index contributed by atoms with van der Waals surface area (Å²) in [7, 11) is -2.07. The van der Waals surface area contributed by atoms with Crippen LogP contribution < -0.4 is 9.62 Å². The number of carbonyl (C=O) groups excluding carboxylic acids is 1. The minimum Gasteiger partial charge on any atom is -0.356 e. The number of rotatable bonds is 9. The van der Waals surface area contributed by atoms with E-state index < -0.39 is 10.0 Å². The Balaban J connectivity index is 1.99. The maximum Gasteiger partial charge on any atom is 0.264 e. The van der Waals surface area contributed by atoms with Crippen LogP contribution in [0.2, 0.25) is 0 Å². The van der Waals surface area contributed by atoms with Crippen molar-refractivity contribution in [3.05, 3.63) is 60.2 Å². The van der Waals surface area contributed by atoms with Crippen molar-refractivity contribution in [2.75, 3.05) is 17.9 Å². The minimum atomic E-state index is -3.59. The number of hydrogen-bond acceptors (Lipinski definition) is 3. The molecule has 0 unspecified atom stereocenters. The van der Waals surface area contributed by atoms with Crippen LogP contribution in [0.15, 0.2) is 59.5 Å². The molecule has 0 atom stereocenters. The summed E-state index contributed by atoms with van der Waals surface area (Å²) in [6, 6.07) is 15.3. The Bertz CT molecular complexity index is 803. The van der Waals surface area contributed by atoms with Crippen LogP contribution in [0.1, 0.15) is 31.7 Å². The molecule has 26 heavy (non-hydrogen) atoms. The van der Waals surface area contributed by atoms with Crippen molar-refractivity contribution >= 4 is 21.6 Å². The van der Waals surface area contributed by atoms with Gasteiger partial charge in [-0.2, -0.15) is 0 Å². The van der Waals surface area contributed by atoms with Crippen LogP contribution in [-0.4, -0.2) is 27.9 Å². The fourth-order valence-corrected chi connectivity index (χ4v) is 3.78. The van der Waals surface area contributed by atoms with Crippen molar-refractivity contribution in [1.82, 2.24) is 5.32 Å². The first-order valence-electron chi connectivity index (χ1n) is 8.84. The molecule has 1 N–H and O–H groups in total. The third-order valence-corrected chi connectivity index (χ3v) is 5.97. The molecule has 1 amide bonds. The predicted octanol–water partition coefficient (Wildman–Crippen LogP) is 3.36. The van der Waals surface area contributed by atoms with E-state index in [2.05, 4.69) is 12.2 Å². The lowest BCUT2D eigenvalue weighted by Crippen LogP contribution is -2.27. The average Bonchev–Trinajstić information content (AvgIpc) is 2.66. The van der Waals surface area contributed by atoms with Gasteiger partial charge in [-0.3, -0.25) is 9.10 Å². The minimum absolute atomic E-state index is 0.0147. The highest BCUT2D eigenvalue weighted by Gasteiger charge is 2.20. The lowest BCUT2D eigenvalue weighted by Gasteiger charge is -2.19. The molecule has 0 aromatic heterocycles. The fraction of sp³-hybridized carbons (Fsp3) is 0.350. The van der Waals surface area contributed by atoms with Gasteiger partial charge in [0.1, 0.15) is 0 Å². The first-order chi connectivity index (χ1) is 12.4. The number of carbonyl (C=O) groups is 1. The van der Waals surface area contributed by atoms with Crippen LogP contribution in [0.5, 0.6) is 0 Å². The molecule has 5 nitrogen and oxygen atoms in total. The Kier molecular flexibility index (Phi) is 7.21. The van der Waals surface area contributed by atoms with Gasteiger partial charge in [0, 0.05) is 13.6 Å². The van der Waals surface area contributed by atoms with Crippen molar-refractivity contribution in [3.8, 4) is 0 Å². The topological polar surface area (TPSA) is 66.5 Å². The molecule has 0 spiro atoms. The quantitative estimate of drug-likeness (QED) is 0.685. The third kappa shape index (κ3) is 5.33. The van der Waals surface area contributed by atoms with E-state index in [0.29, 0.717) is 18.7 Å². The van der Waals surface area contributed by atoms with Crippen molar-refractivity contribution in [2.45, 2.75) is 37.5 Å². The molecular weight excluding hydrogens is 348 g/mol. The van der Waals surface area contributed by atoms with Gasteiger partial charge in [-0.25, -0.2) is 8.42 Å². The van der Waals surface area contributed by atoms with E-state index in [-0.39, 0.29) is 10.8 Å². The second-order valence-electron chi connectivity index (χ2n) is 6.19. The van der Waals surface area contributed by atoms with Gasteiger partial charge in [0.05, 0.1) is 17.0 Å². The second-order valence-corrected chi connectivity index (χ2v) is 8.16. The molecule has 0 aliphatic heterocycles. The van der Waals surface area contributed by atoms with E-state index in [1.165, 1.54) is 11.4 Å². The average molecular weight is 375 g/mol. The molecule has 0 aliphatic rings. The predicted molar refractivity (Wildman–Crippen MR) is 105 cm³/mol. The molecule has 0 saturated carbocycles. The smallest absolute Gasteiger partial charge is 0.264 e. The number of nitrogens with zero attached hydrogens (tertiary/aromatic N) is 1. The number of amides is 1. The van der Waals surface area contributed by atoms with E-state index in [1.807, 2.05) is 0 Å². The van der Waals surface area contributed by atoms with Crippen molar-refractivity contribution in [3.63, 3.8) is 0 Å². The number of nitrogens with one attached hydrogen (secondary N) is 1. The van der Waals surface area contributed by atoms with Gasteiger partial charge in [0.15, 0.2) is 0 Å². The van der Waals surface area contributed by atoms with Gasteiger partial charge >= 0.3 is 0 Å². The van der Waals surface area contributed by atoms with Crippen molar-refractivity contribution in [1.29, 1.82) is 0 Å². The molecule has 0 radical (unpaired) electrons. The number of anilines is 1. The molecule has 0 saturated heterocycles. The second kappa shape index (κ2) is 9.38. The lowest BCUT2D eigenvalue weighted by atomic mass is 10.1. The molecule has 2 aromatic rings. The maximum atomic E-state index is 12.6. The lowest BCUT2D eigenvalue weighted by molar-refractivity contribution is -0.120. The first-order valence-corrected chi connectivity index (χ1v) is 10.3. The summed E-state index contributed by atoms with van der Waals surface area (Å²) in [6.07, 6.45) is 3.51. The highest BCUT2D eigenvalue weighted by Crippen LogP contribution is 2.22. The molecule has 0 heterocycles. The van der Waals surface area contributed by atoms with Crippen molar-refractivity contribution < 1.29 is 13.2 Å². The van der Waals surface area contributed by atoms with E-state index in [1.54, 1.807) is 54.6 Å². The Morgan fingerprint density at radius 3 is 2.27 bits per heavy atom. The number of hydrogen-bond donors (Lipinski definition) is 1. The van der Waals surface area contributed by atoms with Gasteiger partial charge in [-0.1, -0.05) is 50.1 Å². The van der Waals surface area contributed by atoms with Crippen LogP contribution in [0.25, 0.3) is 0 Å². The summed E-state index contributed by atoms with van der Waals surface area (Å²) in [5.74, 6) is -0.0147. The van der Waals surface area contributed by atoms with Crippen LogP contribution in [-0.2, 0) is 21.2 Å². The Morgan fingerprint density at radius 2 is 1.65 bits per heavy atom. The summed E-state index contributed by atoms with van der Waals surface area (Å²) in [6.45, 7) is 2.82. The monoisotopic (exact) mass is 374 g/mol. The molecule has 0 bridgehead atoms. The number of sulfonamides is 1. The van der Waals surface area contributed by atoms with Gasteiger partial charge < -0.3 is 5.32 Å². The molecule has 2 rings (SSSR count). The zero-order valence-electron chi connectivity index (χ0n) is 15.3. The SMILES string of the molecule is CCCCCNC(=O)Cc1ccc(N(C)S(=O)(=O)c2ccccc2)cc1. The largest absolute Gasteiger partial charge is 0.356 e. The standard InChI is InChI=1S/C20H26N2O3S/c1-3-4-8-15-21-20(23)16-17-11-13-18(14-12-17)22(2)26(24,25)19-9-6-5-7-10-19/h5-7,9-14H,3-4,8,15-16H2,1-2H3,(H,21,23). The maximum absolute atomic E-state index is 12.6. The number of benzene rings is 2. The molecule has 0 aliphatic carbocycles. The van der Waals surface area contributed by atoms with E-state index in [4.69, 9.17) is 0 Å². The van der Waals surface area contributed by atoms with Crippen molar-refractivity contribution in [2.24, 2.45) is 0 Å². The Morgan fingerprint density at radius 1 is 1.00 bits per heavy atom. The first kappa shape index (κ1) is 20.0. The van der Waals surface area contributed by atoms with E-state index in [0.717, 1.165) is 24.8 Å². The molecule has 6 heteroatoms. The Hall–Kier alpha value is -2.34. The summed E-state index contributed by atoms with van der Waals surface area (Å²) in [4.78, 5) is 12.2. The van der Waals surface area contributed by atoms with Crippen LogP contribution in [0.3, 0.4) is 0 Å². The Labute approximate surface area is 156 Å². The normalized spacial score (nSPS) is 11.2. The van der Waals surface area contributed by atoms with Crippen LogP contribution in [0.4, 0.5) is 5.69 Å². The van der Waals surface area contributed by atoms with Gasteiger partial charge in [0.25, 0.3) is 10.0 Å². The molecular formula is C20H26N2O3S. The molecule has 140 valence electrons. The summed E-state index contributed by atoms with van der Waals surface area (Å²) >= 11 is 0. The summed E-state index contributed by atoms with van der Waals surface area (Å²) < 4.78 is 26.5. The highest BCUT2D eigenvalue weighted by molar-refractivity contribution is 7.92. The zero-order chi connectivity index (χ0) is 19.0. The summed E-state index contributed by atoms with van der Waals surface area (Å²) in [5.41, 5.74) is 1.41. The summed E-state index contributed by atoms with van der Waals surface area (Å²) in [5, 5.41) is 2.90. The van der Waals surface area contributed by atoms with E-state index >= 15 is 0 Å². The van der Waals surface area contributed by atoms with Gasteiger partial charge in [0.2, 0.25) is 5.91 Å². The zero-order valence-corrected chi connectivity index (χ0v) is 16.1. The fourth-order valence-electron chi connectivity index (χ4n) is 2.56. The molecule has 0 fully saturated rings. The van der Waals surface area contributed by atoms with E-state index in [9.17, 15) is 13.2 Å². The highest BCUT2D eigenvalue weighted by atomic mass is 32.2. The van der Waals surface area contributed by atoms with Crippen LogP contribution in [0, 0.1) is 0 Å². The van der Waals surface area contributed by atoms with Gasteiger partial charge in [-0.05, 0) is 36.2 Å².